The van der Waals surface area contributed by atoms with E-state index in [1.165, 1.54) is 16.7 Å². The molecule has 33 heavy (non-hydrogen) atoms. The topological polar surface area (TPSA) is 38.8 Å². The van der Waals surface area contributed by atoms with E-state index in [0.29, 0.717) is 44.6 Å². The molecule has 1 heterocycles. The van der Waals surface area contributed by atoms with Crippen molar-refractivity contribution in [2.45, 2.75) is 13.5 Å². The van der Waals surface area contributed by atoms with Crippen molar-refractivity contribution in [1.29, 1.82) is 0 Å². The number of halogens is 2. The minimum absolute atomic E-state index is 0.189. The molecule has 0 spiro atoms. The second-order valence-electron chi connectivity index (χ2n) is 7.03. The van der Waals surface area contributed by atoms with E-state index in [4.69, 9.17) is 33.3 Å². The summed E-state index contributed by atoms with van der Waals surface area (Å²) >= 11 is 16.3. The van der Waals surface area contributed by atoms with Gasteiger partial charge < -0.3 is 9.47 Å². The van der Waals surface area contributed by atoms with E-state index >= 15 is 0 Å². The van der Waals surface area contributed by atoms with Crippen LogP contribution < -0.4 is 14.4 Å². The summed E-state index contributed by atoms with van der Waals surface area (Å²) in [5.74, 6) is 1.08. The van der Waals surface area contributed by atoms with Crippen LogP contribution in [-0.4, -0.2) is 16.8 Å². The molecule has 1 aliphatic rings. The molecule has 1 fully saturated rings. The molecule has 0 atom stereocenters. The Labute approximate surface area is 215 Å². The number of carbonyl (C=O) groups is 1. The fourth-order valence-corrected chi connectivity index (χ4v) is 4.92. The van der Waals surface area contributed by atoms with E-state index in [9.17, 15) is 4.79 Å². The van der Waals surface area contributed by atoms with Gasteiger partial charge in [0.25, 0.3) is 5.91 Å². The number of thioether (sulfide) groups is 1. The molecule has 1 aliphatic heterocycles. The molecule has 0 radical (unpaired) electrons. The number of benzene rings is 3. The first-order valence-corrected chi connectivity index (χ1v) is 12.5. The Balaban J connectivity index is 1.56. The zero-order chi connectivity index (χ0) is 23.4. The number of thiocarbonyl (C=S) groups is 1. The Morgan fingerprint density at radius 3 is 2.58 bits per heavy atom. The standard InChI is InChI=1S/C25H19BrClNO3S2/c1-2-30-22-12-17(8-11-21(22)31-15-16-6-4-3-5-7-16)13-23-24(29)28(25(32)33-23)18-9-10-19(26)20(27)14-18/h3-14H,2,15H2,1H3/b23-13+. The first-order valence-electron chi connectivity index (χ1n) is 10.1. The summed E-state index contributed by atoms with van der Waals surface area (Å²) in [6, 6.07) is 20.9. The summed E-state index contributed by atoms with van der Waals surface area (Å²) in [4.78, 5) is 15.1. The lowest BCUT2D eigenvalue weighted by atomic mass is 10.1. The predicted octanol–water partition coefficient (Wildman–Crippen LogP) is 7.49. The van der Waals surface area contributed by atoms with Gasteiger partial charge in [-0.25, -0.2) is 0 Å². The van der Waals surface area contributed by atoms with Crippen LogP contribution in [0.4, 0.5) is 5.69 Å². The van der Waals surface area contributed by atoms with Gasteiger partial charge in [-0.05, 0) is 70.4 Å². The zero-order valence-electron chi connectivity index (χ0n) is 17.6. The normalized spacial score (nSPS) is 14.8. The number of carbonyl (C=O) groups excluding carboxylic acids is 1. The maximum absolute atomic E-state index is 13.1. The van der Waals surface area contributed by atoms with Crippen molar-refractivity contribution in [3.05, 3.63) is 92.3 Å². The second kappa shape index (κ2) is 10.7. The fourth-order valence-electron chi connectivity index (χ4n) is 3.20. The molecule has 168 valence electrons. The van der Waals surface area contributed by atoms with Crippen LogP contribution in [0.15, 0.2) is 76.1 Å². The molecular formula is C25H19BrClNO3S2. The van der Waals surface area contributed by atoms with Gasteiger partial charge in [-0.1, -0.05) is 72.0 Å². The molecule has 0 aliphatic carbocycles. The van der Waals surface area contributed by atoms with Crippen LogP contribution in [0.3, 0.4) is 0 Å². The summed E-state index contributed by atoms with van der Waals surface area (Å²) in [6.45, 7) is 2.86. The maximum Gasteiger partial charge on any atom is 0.270 e. The third-order valence-electron chi connectivity index (χ3n) is 4.76. The summed E-state index contributed by atoms with van der Waals surface area (Å²) in [7, 11) is 0. The van der Waals surface area contributed by atoms with Gasteiger partial charge in [0.2, 0.25) is 0 Å². The third kappa shape index (κ3) is 5.61. The van der Waals surface area contributed by atoms with Crippen molar-refractivity contribution in [3.63, 3.8) is 0 Å². The monoisotopic (exact) mass is 559 g/mol. The van der Waals surface area contributed by atoms with Crippen LogP contribution in [0.25, 0.3) is 6.08 Å². The number of rotatable bonds is 7. The lowest BCUT2D eigenvalue weighted by Gasteiger charge is -2.15. The van der Waals surface area contributed by atoms with Crippen molar-refractivity contribution in [2.24, 2.45) is 0 Å². The molecule has 4 nitrogen and oxygen atoms in total. The van der Waals surface area contributed by atoms with E-state index in [1.54, 1.807) is 18.2 Å². The predicted molar refractivity (Wildman–Crippen MR) is 143 cm³/mol. The number of hydrogen-bond donors (Lipinski definition) is 0. The van der Waals surface area contributed by atoms with Gasteiger partial charge in [0, 0.05) is 4.47 Å². The van der Waals surface area contributed by atoms with E-state index in [-0.39, 0.29) is 5.91 Å². The highest BCUT2D eigenvalue weighted by Crippen LogP contribution is 2.39. The molecule has 0 saturated carbocycles. The largest absolute Gasteiger partial charge is 0.490 e. The molecular weight excluding hydrogens is 542 g/mol. The molecule has 1 saturated heterocycles. The average Bonchev–Trinajstić information content (AvgIpc) is 3.09. The first-order chi connectivity index (χ1) is 16.0. The number of hydrogen-bond acceptors (Lipinski definition) is 5. The van der Waals surface area contributed by atoms with Crippen LogP contribution in [0.1, 0.15) is 18.1 Å². The molecule has 8 heteroatoms. The highest BCUT2D eigenvalue weighted by molar-refractivity contribution is 9.10. The van der Waals surface area contributed by atoms with Crippen LogP contribution >= 0.6 is 51.5 Å². The van der Waals surface area contributed by atoms with Gasteiger partial charge in [-0.3, -0.25) is 9.69 Å². The van der Waals surface area contributed by atoms with Crippen molar-refractivity contribution >= 4 is 73.5 Å². The SMILES string of the molecule is CCOc1cc(/C=C2/SC(=S)N(c3ccc(Br)c(Cl)c3)C2=O)ccc1OCc1ccccc1. The minimum Gasteiger partial charge on any atom is -0.490 e. The molecule has 0 aromatic heterocycles. The van der Waals surface area contributed by atoms with Crippen molar-refractivity contribution < 1.29 is 14.3 Å². The molecule has 1 amide bonds. The number of ether oxygens (including phenoxy) is 2. The molecule has 0 N–H and O–H groups in total. The summed E-state index contributed by atoms with van der Waals surface area (Å²) < 4.78 is 13.0. The lowest BCUT2D eigenvalue weighted by molar-refractivity contribution is -0.113. The average molecular weight is 561 g/mol. The van der Waals surface area contributed by atoms with Gasteiger partial charge in [-0.2, -0.15) is 0 Å². The van der Waals surface area contributed by atoms with Crippen molar-refractivity contribution in [1.82, 2.24) is 0 Å². The van der Waals surface area contributed by atoms with Gasteiger partial charge in [-0.15, -0.1) is 0 Å². The Bertz CT molecular complexity index is 1230. The Morgan fingerprint density at radius 1 is 1.06 bits per heavy atom. The number of amides is 1. The van der Waals surface area contributed by atoms with Gasteiger partial charge in [0.15, 0.2) is 15.8 Å². The maximum atomic E-state index is 13.1. The van der Waals surface area contributed by atoms with E-state index in [1.807, 2.05) is 61.5 Å². The van der Waals surface area contributed by atoms with Crippen molar-refractivity contribution in [3.8, 4) is 11.5 Å². The molecule has 0 unspecified atom stereocenters. The molecule has 3 aromatic rings. The van der Waals surface area contributed by atoms with Crippen LogP contribution in [0, 0.1) is 0 Å². The van der Waals surface area contributed by atoms with Gasteiger partial charge >= 0.3 is 0 Å². The second-order valence-corrected chi connectivity index (χ2v) is 9.97. The van der Waals surface area contributed by atoms with E-state index < -0.39 is 0 Å². The van der Waals surface area contributed by atoms with Crippen LogP contribution in [-0.2, 0) is 11.4 Å². The third-order valence-corrected chi connectivity index (χ3v) is 7.29. The number of anilines is 1. The Morgan fingerprint density at radius 2 is 1.85 bits per heavy atom. The van der Waals surface area contributed by atoms with E-state index in [0.717, 1.165) is 15.6 Å². The zero-order valence-corrected chi connectivity index (χ0v) is 21.6. The lowest BCUT2D eigenvalue weighted by Crippen LogP contribution is -2.27. The first kappa shape index (κ1) is 23.8. The minimum atomic E-state index is -0.189. The summed E-state index contributed by atoms with van der Waals surface area (Å²) in [6.07, 6.45) is 1.81. The van der Waals surface area contributed by atoms with Crippen LogP contribution in [0.5, 0.6) is 11.5 Å². The van der Waals surface area contributed by atoms with Crippen LogP contribution in [0.2, 0.25) is 5.02 Å². The van der Waals surface area contributed by atoms with Crippen molar-refractivity contribution in [2.75, 3.05) is 11.5 Å². The quantitative estimate of drug-likeness (QED) is 0.221. The summed E-state index contributed by atoms with van der Waals surface area (Å²) in [5, 5.41) is 0.512. The number of nitrogens with zero attached hydrogens (tertiary/aromatic N) is 1. The van der Waals surface area contributed by atoms with Gasteiger partial charge in [0.1, 0.15) is 6.61 Å². The fraction of sp³-hybridized carbons (Fsp3) is 0.120. The Hall–Kier alpha value is -2.32. The molecule has 0 bridgehead atoms. The summed E-state index contributed by atoms with van der Waals surface area (Å²) in [5.41, 5.74) is 2.52. The Kier molecular flexibility index (Phi) is 7.75. The highest BCUT2D eigenvalue weighted by Gasteiger charge is 2.33. The van der Waals surface area contributed by atoms with E-state index in [2.05, 4.69) is 15.9 Å². The van der Waals surface area contributed by atoms with Gasteiger partial charge in [0.05, 0.1) is 22.2 Å². The molecule has 4 rings (SSSR count). The highest BCUT2D eigenvalue weighted by atomic mass is 79.9. The smallest absolute Gasteiger partial charge is 0.270 e. The molecule has 3 aromatic carbocycles.